The van der Waals surface area contributed by atoms with Crippen molar-refractivity contribution in [2.75, 3.05) is 6.54 Å². The average Bonchev–Trinajstić information content (AvgIpc) is 2.76. The lowest BCUT2D eigenvalue weighted by Gasteiger charge is -2.33. The molecule has 0 atom stereocenters. The summed E-state index contributed by atoms with van der Waals surface area (Å²) < 4.78 is 0. The number of nitrogens with one attached hydrogen (secondary N) is 1. The molecule has 0 spiro atoms. The fourth-order valence-corrected chi connectivity index (χ4v) is 3.00. The quantitative estimate of drug-likeness (QED) is 0.907. The van der Waals surface area contributed by atoms with Crippen LogP contribution in [0.25, 0.3) is 0 Å². The molecule has 2 heterocycles. The van der Waals surface area contributed by atoms with Crippen LogP contribution in [0.2, 0.25) is 0 Å². The predicted octanol–water partition coefficient (Wildman–Crippen LogP) is 1.93. The highest BCUT2D eigenvalue weighted by Crippen LogP contribution is 2.31. The van der Waals surface area contributed by atoms with Gasteiger partial charge in [0.15, 0.2) is 0 Å². The van der Waals surface area contributed by atoms with Crippen LogP contribution in [0.1, 0.15) is 53.2 Å². The number of carbonyl (C=O) groups is 3. The van der Waals surface area contributed by atoms with Gasteiger partial charge in [0, 0.05) is 12.0 Å². The largest absolute Gasteiger partial charge is 0.342 e. The molecule has 4 amide bonds. The molecule has 1 saturated heterocycles. The van der Waals surface area contributed by atoms with Crippen molar-refractivity contribution < 1.29 is 14.4 Å². The first-order valence-electron chi connectivity index (χ1n) is 7.45. The molecule has 1 aromatic rings. The predicted molar refractivity (Wildman–Crippen MR) is 80.0 cm³/mol. The maximum atomic E-state index is 12.6. The second-order valence-corrected chi connectivity index (χ2v) is 6.12. The minimum atomic E-state index is -0.529. The van der Waals surface area contributed by atoms with E-state index in [0.29, 0.717) is 18.0 Å². The number of hydrazine groups is 1. The third-order valence-corrected chi connectivity index (χ3v) is 4.20. The Morgan fingerprint density at radius 2 is 1.86 bits per heavy atom. The molecule has 0 aromatic heterocycles. The molecule has 0 aliphatic carbocycles. The van der Waals surface area contributed by atoms with Crippen LogP contribution in [0.15, 0.2) is 12.1 Å². The second kappa shape index (κ2) is 5.12. The number of carbonyl (C=O) groups excluding carboxylic acids is 3. The number of amides is 4. The van der Waals surface area contributed by atoms with Gasteiger partial charge in [-0.25, -0.2) is 14.8 Å². The van der Waals surface area contributed by atoms with E-state index in [1.807, 2.05) is 19.1 Å². The summed E-state index contributed by atoms with van der Waals surface area (Å²) in [5, 5.41) is 5.02. The summed E-state index contributed by atoms with van der Waals surface area (Å²) in [5.41, 5.74) is 3.74. The summed E-state index contributed by atoms with van der Waals surface area (Å²) in [6, 6.07) is 3.54. The molecule has 22 heavy (non-hydrogen) atoms. The van der Waals surface area contributed by atoms with Crippen LogP contribution in [0, 0.1) is 6.92 Å². The minimum Gasteiger partial charge on any atom is -0.276 e. The lowest BCUT2D eigenvalue weighted by Crippen LogP contribution is -2.56. The van der Waals surface area contributed by atoms with Gasteiger partial charge in [0.25, 0.3) is 5.91 Å². The van der Waals surface area contributed by atoms with Crippen molar-refractivity contribution in [2.24, 2.45) is 0 Å². The van der Waals surface area contributed by atoms with E-state index >= 15 is 0 Å². The van der Waals surface area contributed by atoms with Gasteiger partial charge in [-0.05, 0) is 29.5 Å². The summed E-state index contributed by atoms with van der Waals surface area (Å²) in [6.07, 6.45) is 0.210. The van der Waals surface area contributed by atoms with E-state index < -0.39 is 6.03 Å². The van der Waals surface area contributed by atoms with E-state index in [4.69, 9.17) is 0 Å². The van der Waals surface area contributed by atoms with Crippen molar-refractivity contribution in [1.82, 2.24) is 15.3 Å². The molecule has 0 unspecified atom stereocenters. The summed E-state index contributed by atoms with van der Waals surface area (Å²) in [7, 11) is 0. The first-order chi connectivity index (χ1) is 10.4. The number of hydrogen-bond donors (Lipinski definition) is 1. The summed E-state index contributed by atoms with van der Waals surface area (Å²) in [5.74, 6) is -0.0972. The molecular formula is C16H19N3O3. The van der Waals surface area contributed by atoms with Crippen molar-refractivity contribution in [3.8, 4) is 0 Å². The Labute approximate surface area is 129 Å². The Morgan fingerprint density at radius 3 is 2.50 bits per heavy atom. The smallest absolute Gasteiger partial charge is 0.276 e. The molecule has 0 saturated carbocycles. The van der Waals surface area contributed by atoms with E-state index in [-0.39, 0.29) is 24.8 Å². The van der Waals surface area contributed by atoms with Crippen molar-refractivity contribution in [1.29, 1.82) is 0 Å². The van der Waals surface area contributed by atoms with Crippen LogP contribution >= 0.6 is 0 Å². The Kier molecular flexibility index (Phi) is 3.39. The van der Waals surface area contributed by atoms with E-state index in [2.05, 4.69) is 19.2 Å². The topological polar surface area (TPSA) is 69.7 Å². The summed E-state index contributed by atoms with van der Waals surface area (Å²) in [6.45, 7) is 6.75. The number of imide groups is 1. The first kappa shape index (κ1) is 14.6. The molecule has 6 heteroatoms. The number of rotatable bonds is 2. The van der Waals surface area contributed by atoms with Gasteiger partial charge in [-0.2, -0.15) is 0 Å². The zero-order valence-corrected chi connectivity index (χ0v) is 13.0. The van der Waals surface area contributed by atoms with Gasteiger partial charge in [-0.3, -0.25) is 14.9 Å². The highest BCUT2D eigenvalue weighted by atomic mass is 16.2. The maximum absolute atomic E-state index is 12.6. The molecule has 6 nitrogen and oxygen atoms in total. The maximum Gasteiger partial charge on any atom is 0.342 e. The summed E-state index contributed by atoms with van der Waals surface area (Å²) >= 11 is 0. The van der Waals surface area contributed by atoms with Gasteiger partial charge in [0.05, 0.1) is 13.1 Å². The number of benzene rings is 1. The van der Waals surface area contributed by atoms with Crippen LogP contribution in [0.4, 0.5) is 4.79 Å². The number of aryl methyl sites for hydroxylation is 1. The average molecular weight is 301 g/mol. The molecule has 0 radical (unpaired) electrons. The van der Waals surface area contributed by atoms with Crippen LogP contribution in [0.3, 0.4) is 0 Å². The second-order valence-electron chi connectivity index (χ2n) is 6.12. The Hall–Kier alpha value is -2.37. The van der Waals surface area contributed by atoms with E-state index in [0.717, 1.165) is 11.1 Å². The van der Waals surface area contributed by atoms with E-state index in [1.165, 1.54) is 15.6 Å². The fourth-order valence-electron chi connectivity index (χ4n) is 3.00. The van der Waals surface area contributed by atoms with Crippen LogP contribution in [0.5, 0.6) is 0 Å². The first-order valence-corrected chi connectivity index (χ1v) is 7.45. The van der Waals surface area contributed by atoms with Gasteiger partial charge in [0.1, 0.15) is 0 Å². The van der Waals surface area contributed by atoms with E-state index in [9.17, 15) is 14.4 Å². The van der Waals surface area contributed by atoms with Crippen molar-refractivity contribution in [3.63, 3.8) is 0 Å². The Bertz CT molecular complexity index is 681. The number of nitrogens with zero attached hydrogens (tertiary/aromatic N) is 2. The highest BCUT2D eigenvalue weighted by molar-refractivity contribution is 6.02. The van der Waals surface area contributed by atoms with Crippen LogP contribution < -0.4 is 5.32 Å². The van der Waals surface area contributed by atoms with Gasteiger partial charge in [0.2, 0.25) is 5.91 Å². The molecule has 1 N–H and O–H groups in total. The Morgan fingerprint density at radius 1 is 1.14 bits per heavy atom. The molecule has 2 aliphatic heterocycles. The highest BCUT2D eigenvalue weighted by Gasteiger charge is 2.37. The lowest BCUT2D eigenvalue weighted by molar-refractivity contribution is -0.123. The van der Waals surface area contributed by atoms with Gasteiger partial charge in [-0.1, -0.05) is 26.0 Å². The van der Waals surface area contributed by atoms with Crippen molar-refractivity contribution >= 4 is 17.8 Å². The van der Waals surface area contributed by atoms with Crippen molar-refractivity contribution in [3.05, 3.63) is 34.4 Å². The zero-order chi connectivity index (χ0) is 16.0. The number of urea groups is 1. The molecule has 116 valence electrons. The SMILES string of the molecule is Cc1cc(C(C)C)cc2c1C(=O)N(N1CCC(=O)NC1=O)C2. The van der Waals surface area contributed by atoms with Gasteiger partial charge < -0.3 is 0 Å². The number of fused-ring (bicyclic) bond motifs is 1. The standard InChI is InChI=1S/C16H19N3O3/c1-9(2)11-6-10(3)14-12(7-11)8-19(15(14)21)18-5-4-13(20)17-16(18)22/h6-7,9H,4-5,8H2,1-3H3,(H,17,20,22). The molecule has 1 fully saturated rings. The monoisotopic (exact) mass is 301 g/mol. The molecule has 0 bridgehead atoms. The molecule has 1 aromatic carbocycles. The minimum absolute atomic E-state index is 0.174. The van der Waals surface area contributed by atoms with E-state index in [1.54, 1.807) is 0 Å². The van der Waals surface area contributed by atoms with Crippen LogP contribution in [-0.2, 0) is 11.3 Å². The third kappa shape index (κ3) is 2.24. The van der Waals surface area contributed by atoms with Gasteiger partial charge in [-0.15, -0.1) is 0 Å². The zero-order valence-electron chi connectivity index (χ0n) is 13.0. The summed E-state index contributed by atoms with van der Waals surface area (Å²) in [4.78, 5) is 35.8. The van der Waals surface area contributed by atoms with Gasteiger partial charge >= 0.3 is 6.03 Å². The van der Waals surface area contributed by atoms with Crippen molar-refractivity contribution in [2.45, 2.75) is 39.7 Å². The molecule has 3 rings (SSSR count). The molecule has 2 aliphatic rings. The van der Waals surface area contributed by atoms with Crippen LogP contribution in [-0.4, -0.2) is 34.4 Å². The normalized spacial score (nSPS) is 18.1. The Balaban J connectivity index is 1.92. The molecular weight excluding hydrogens is 282 g/mol. The fraction of sp³-hybridized carbons (Fsp3) is 0.438. The lowest BCUT2D eigenvalue weighted by atomic mass is 9.95. The number of hydrogen-bond acceptors (Lipinski definition) is 3. The third-order valence-electron chi connectivity index (χ3n) is 4.20.